The minimum Gasteiger partial charge on any atom is -0.478 e. The molecule has 22 heavy (non-hydrogen) atoms. The molecule has 2 rings (SSSR count). The normalized spacial score (nSPS) is 11.8. The molecule has 0 aromatic carbocycles. The number of carbonyl (C=O) groups excluding carboxylic acids is 1. The molecule has 2 aromatic heterocycles. The van der Waals surface area contributed by atoms with Crippen molar-refractivity contribution in [3.8, 4) is 5.88 Å². The highest BCUT2D eigenvalue weighted by molar-refractivity contribution is 7.10. The fraction of sp³-hybridized carbons (Fsp3) is 0.375. The summed E-state index contributed by atoms with van der Waals surface area (Å²) in [6.45, 7) is 4.87. The van der Waals surface area contributed by atoms with E-state index in [2.05, 4.69) is 10.3 Å². The van der Waals surface area contributed by atoms with Crippen LogP contribution >= 0.6 is 11.3 Å². The fourth-order valence-corrected chi connectivity index (χ4v) is 2.84. The Morgan fingerprint density at radius 2 is 2.27 bits per heavy atom. The third kappa shape index (κ3) is 3.98. The highest BCUT2D eigenvalue weighted by atomic mass is 32.1. The molecule has 2 heterocycles. The predicted molar refractivity (Wildman–Crippen MR) is 88.1 cm³/mol. The lowest BCUT2D eigenvalue weighted by Crippen LogP contribution is -2.38. The predicted octanol–water partition coefficient (Wildman–Crippen LogP) is 3.44. The van der Waals surface area contributed by atoms with Gasteiger partial charge in [0.1, 0.15) is 0 Å². The molecule has 0 bridgehead atoms. The number of carbonyl (C=O) groups is 1. The van der Waals surface area contributed by atoms with E-state index in [4.69, 9.17) is 4.74 Å². The summed E-state index contributed by atoms with van der Waals surface area (Å²) in [6, 6.07) is 7.69. The Kier molecular flexibility index (Phi) is 5.77. The first-order chi connectivity index (χ1) is 10.6. The van der Waals surface area contributed by atoms with Gasteiger partial charge in [-0.3, -0.25) is 0 Å². The van der Waals surface area contributed by atoms with Crippen LogP contribution < -0.4 is 10.1 Å². The maximum atomic E-state index is 12.3. The van der Waals surface area contributed by atoms with Crippen LogP contribution in [0, 0.1) is 0 Å². The van der Waals surface area contributed by atoms with E-state index >= 15 is 0 Å². The molecule has 0 radical (unpaired) electrons. The minimum atomic E-state index is -0.118. The Morgan fingerprint density at radius 3 is 2.95 bits per heavy atom. The van der Waals surface area contributed by atoms with Gasteiger partial charge in [0.15, 0.2) is 0 Å². The molecule has 0 saturated carbocycles. The molecule has 6 heteroatoms. The molecule has 1 atom stereocenters. The zero-order valence-corrected chi connectivity index (χ0v) is 13.9. The smallest absolute Gasteiger partial charge is 0.317 e. The van der Waals surface area contributed by atoms with E-state index in [0.29, 0.717) is 19.0 Å². The summed E-state index contributed by atoms with van der Waals surface area (Å²) in [4.78, 5) is 19.3. The Morgan fingerprint density at radius 1 is 1.45 bits per heavy atom. The van der Waals surface area contributed by atoms with Crippen molar-refractivity contribution < 1.29 is 9.53 Å². The van der Waals surface area contributed by atoms with Gasteiger partial charge in [0.2, 0.25) is 5.88 Å². The summed E-state index contributed by atoms with van der Waals surface area (Å²) >= 11 is 1.65. The van der Waals surface area contributed by atoms with Crippen LogP contribution in [0.1, 0.15) is 30.3 Å². The average molecular weight is 319 g/mol. The largest absolute Gasteiger partial charge is 0.478 e. The maximum absolute atomic E-state index is 12.3. The van der Waals surface area contributed by atoms with Gasteiger partial charge < -0.3 is 15.0 Å². The van der Waals surface area contributed by atoms with E-state index in [-0.39, 0.29) is 12.1 Å². The van der Waals surface area contributed by atoms with Gasteiger partial charge in [-0.2, -0.15) is 0 Å². The molecule has 0 aliphatic carbocycles. The summed E-state index contributed by atoms with van der Waals surface area (Å²) < 4.78 is 5.46. The molecule has 0 unspecified atom stereocenters. The van der Waals surface area contributed by atoms with Crippen LogP contribution in [0.5, 0.6) is 5.88 Å². The first kappa shape index (κ1) is 16.3. The average Bonchev–Trinajstić information content (AvgIpc) is 3.07. The third-order valence-corrected chi connectivity index (χ3v) is 4.46. The Hall–Kier alpha value is -2.08. The van der Waals surface area contributed by atoms with Gasteiger partial charge in [0.05, 0.1) is 12.6 Å². The second-order valence-corrected chi connectivity index (χ2v) is 5.84. The van der Waals surface area contributed by atoms with E-state index in [1.54, 1.807) is 29.5 Å². The topological polar surface area (TPSA) is 54.5 Å². The molecule has 5 nitrogen and oxygen atoms in total. The van der Waals surface area contributed by atoms with E-state index in [0.717, 1.165) is 10.4 Å². The molecule has 0 aliphatic rings. The number of nitrogens with one attached hydrogen (secondary N) is 1. The first-order valence-corrected chi connectivity index (χ1v) is 8.12. The van der Waals surface area contributed by atoms with Crippen molar-refractivity contribution in [2.75, 3.05) is 13.7 Å². The Bertz CT molecular complexity index is 601. The number of hydrogen-bond donors (Lipinski definition) is 1. The number of urea groups is 1. The van der Waals surface area contributed by atoms with Crippen molar-refractivity contribution in [1.29, 1.82) is 0 Å². The van der Waals surface area contributed by atoms with Crippen molar-refractivity contribution >= 4 is 17.4 Å². The second-order valence-electron chi connectivity index (χ2n) is 4.86. The Balaban J connectivity index is 1.95. The molecule has 2 amide bonds. The summed E-state index contributed by atoms with van der Waals surface area (Å²) in [5.41, 5.74) is 0.870. The highest BCUT2D eigenvalue weighted by Crippen LogP contribution is 2.23. The van der Waals surface area contributed by atoms with Gasteiger partial charge in [-0.15, -0.1) is 11.3 Å². The Labute approximate surface area is 134 Å². The monoisotopic (exact) mass is 319 g/mol. The molecular formula is C16H21N3O2S. The summed E-state index contributed by atoms with van der Waals surface area (Å²) in [5.74, 6) is 0.569. The lowest BCUT2D eigenvalue weighted by molar-refractivity contribution is 0.194. The van der Waals surface area contributed by atoms with Crippen molar-refractivity contribution in [2.24, 2.45) is 0 Å². The van der Waals surface area contributed by atoms with E-state index in [1.807, 2.05) is 43.5 Å². The van der Waals surface area contributed by atoms with Crippen LogP contribution in [0.3, 0.4) is 0 Å². The van der Waals surface area contributed by atoms with Crippen LogP contribution in [0.4, 0.5) is 4.79 Å². The number of rotatable bonds is 6. The number of amides is 2. The van der Waals surface area contributed by atoms with Crippen LogP contribution in [-0.4, -0.2) is 29.6 Å². The second kappa shape index (κ2) is 7.79. The van der Waals surface area contributed by atoms with E-state index in [9.17, 15) is 4.79 Å². The standard InChI is InChI=1S/C16H21N3O2S/c1-4-21-15-13(7-5-9-17-15)11-18-16(20)19(3)12(2)14-8-6-10-22-14/h5-10,12H,4,11H2,1-3H3,(H,18,20)/t12-/m0/s1. The molecule has 1 N–H and O–H groups in total. The van der Waals surface area contributed by atoms with Gasteiger partial charge in [-0.05, 0) is 31.4 Å². The quantitative estimate of drug-likeness (QED) is 0.887. The lowest BCUT2D eigenvalue weighted by atomic mass is 10.2. The summed E-state index contributed by atoms with van der Waals surface area (Å²) in [7, 11) is 1.80. The van der Waals surface area contributed by atoms with Crippen molar-refractivity contribution in [2.45, 2.75) is 26.4 Å². The highest BCUT2D eigenvalue weighted by Gasteiger charge is 2.18. The number of aromatic nitrogens is 1. The minimum absolute atomic E-state index is 0.0419. The molecule has 2 aromatic rings. The van der Waals surface area contributed by atoms with Crippen LogP contribution in [0.15, 0.2) is 35.8 Å². The maximum Gasteiger partial charge on any atom is 0.317 e. The first-order valence-electron chi connectivity index (χ1n) is 7.24. The molecule has 0 spiro atoms. The SMILES string of the molecule is CCOc1ncccc1CNC(=O)N(C)[C@@H](C)c1cccs1. The van der Waals surface area contributed by atoms with Gasteiger partial charge >= 0.3 is 6.03 Å². The molecule has 0 aliphatic heterocycles. The van der Waals surface area contributed by atoms with Crippen molar-refractivity contribution in [3.05, 3.63) is 46.3 Å². The van der Waals surface area contributed by atoms with Crippen molar-refractivity contribution in [3.63, 3.8) is 0 Å². The number of ether oxygens (including phenoxy) is 1. The van der Waals surface area contributed by atoms with Crippen LogP contribution in [-0.2, 0) is 6.54 Å². The fourth-order valence-electron chi connectivity index (χ4n) is 2.02. The van der Waals surface area contributed by atoms with E-state index < -0.39 is 0 Å². The van der Waals surface area contributed by atoms with E-state index in [1.165, 1.54) is 0 Å². The summed E-state index contributed by atoms with van der Waals surface area (Å²) in [5, 5.41) is 4.93. The number of hydrogen-bond acceptors (Lipinski definition) is 4. The van der Waals surface area contributed by atoms with Crippen LogP contribution in [0.2, 0.25) is 0 Å². The van der Waals surface area contributed by atoms with Gasteiger partial charge in [-0.1, -0.05) is 12.1 Å². The molecule has 0 fully saturated rings. The molecule has 118 valence electrons. The zero-order chi connectivity index (χ0) is 15.9. The third-order valence-electron chi connectivity index (χ3n) is 3.42. The number of nitrogens with zero attached hydrogens (tertiary/aromatic N) is 2. The lowest BCUT2D eigenvalue weighted by Gasteiger charge is -2.24. The van der Waals surface area contributed by atoms with Gasteiger partial charge in [0, 0.05) is 30.2 Å². The molecular weight excluding hydrogens is 298 g/mol. The van der Waals surface area contributed by atoms with Gasteiger partial charge in [-0.25, -0.2) is 9.78 Å². The van der Waals surface area contributed by atoms with Crippen molar-refractivity contribution in [1.82, 2.24) is 15.2 Å². The number of thiophene rings is 1. The summed E-state index contributed by atoms with van der Waals surface area (Å²) in [6.07, 6.45) is 1.68. The molecule has 0 saturated heterocycles. The van der Waals surface area contributed by atoms with Gasteiger partial charge in [0.25, 0.3) is 0 Å². The number of pyridine rings is 1. The zero-order valence-electron chi connectivity index (χ0n) is 13.1. The van der Waals surface area contributed by atoms with Crippen LogP contribution in [0.25, 0.3) is 0 Å².